The van der Waals surface area contributed by atoms with Gasteiger partial charge in [0.25, 0.3) is 0 Å². The Morgan fingerprint density at radius 3 is 2.71 bits per heavy atom. The number of aliphatic hydroxyl groups excluding tert-OH is 1. The fourth-order valence-corrected chi connectivity index (χ4v) is 2.42. The van der Waals surface area contributed by atoms with Crippen LogP contribution in [0.25, 0.3) is 0 Å². The highest BCUT2D eigenvalue weighted by Crippen LogP contribution is 2.26. The van der Waals surface area contributed by atoms with Crippen molar-refractivity contribution in [2.45, 2.75) is 52.1 Å². The Kier molecular flexibility index (Phi) is 5.20. The first-order chi connectivity index (χ1) is 6.75. The van der Waals surface area contributed by atoms with Gasteiger partial charge in [-0.15, -0.1) is 11.3 Å². The summed E-state index contributed by atoms with van der Waals surface area (Å²) in [5.41, 5.74) is 1.13. The summed E-state index contributed by atoms with van der Waals surface area (Å²) in [6.45, 7) is 4.29. The van der Waals surface area contributed by atoms with Crippen LogP contribution in [0, 0.1) is 6.92 Å². The van der Waals surface area contributed by atoms with E-state index in [0.717, 1.165) is 18.4 Å². The third kappa shape index (κ3) is 3.43. The molecule has 0 aliphatic carbocycles. The van der Waals surface area contributed by atoms with E-state index in [1.54, 1.807) is 11.3 Å². The predicted molar refractivity (Wildman–Crippen MR) is 62.8 cm³/mol. The molecule has 1 rings (SSSR count). The Labute approximate surface area is 90.8 Å². The normalized spacial score (nSPS) is 13.1. The summed E-state index contributed by atoms with van der Waals surface area (Å²) < 4.78 is 0. The molecule has 0 bridgehead atoms. The largest absolute Gasteiger partial charge is 0.388 e. The van der Waals surface area contributed by atoms with Crippen LogP contribution in [0.4, 0.5) is 0 Å². The van der Waals surface area contributed by atoms with Crippen molar-refractivity contribution in [2.75, 3.05) is 0 Å². The lowest BCUT2D eigenvalue weighted by Gasteiger charge is -2.09. The van der Waals surface area contributed by atoms with Gasteiger partial charge in [-0.25, -0.2) is 0 Å². The number of unbranched alkanes of at least 4 members (excludes halogenated alkanes) is 3. The lowest BCUT2D eigenvalue weighted by atomic mass is 10.0. The second-order valence-electron chi connectivity index (χ2n) is 3.80. The average molecular weight is 212 g/mol. The molecule has 0 amide bonds. The molecule has 0 fully saturated rings. The van der Waals surface area contributed by atoms with Crippen molar-refractivity contribution >= 4 is 11.3 Å². The lowest BCUT2D eigenvalue weighted by molar-refractivity contribution is 0.163. The van der Waals surface area contributed by atoms with E-state index < -0.39 is 0 Å². The lowest BCUT2D eigenvalue weighted by Crippen LogP contribution is -1.97. The van der Waals surface area contributed by atoms with Crippen LogP contribution in [0.1, 0.15) is 55.6 Å². The summed E-state index contributed by atoms with van der Waals surface area (Å²) >= 11 is 1.72. The van der Waals surface area contributed by atoms with Gasteiger partial charge in [0.1, 0.15) is 0 Å². The molecule has 80 valence electrons. The maximum atomic E-state index is 9.90. The molecule has 1 unspecified atom stereocenters. The van der Waals surface area contributed by atoms with Gasteiger partial charge >= 0.3 is 0 Å². The Balaban J connectivity index is 2.28. The smallest absolute Gasteiger partial charge is 0.0800 e. The predicted octanol–water partition coefficient (Wildman–Crippen LogP) is 4.06. The molecule has 0 aliphatic heterocycles. The van der Waals surface area contributed by atoms with Gasteiger partial charge in [-0.1, -0.05) is 32.6 Å². The molecular formula is C12H20OS. The van der Waals surface area contributed by atoms with Crippen LogP contribution in [-0.4, -0.2) is 5.11 Å². The summed E-state index contributed by atoms with van der Waals surface area (Å²) in [7, 11) is 0. The minimum atomic E-state index is -0.238. The van der Waals surface area contributed by atoms with E-state index >= 15 is 0 Å². The van der Waals surface area contributed by atoms with Crippen molar-refractivity contribution in [2.24, 2.45) is 0 Å². The van der Waals surface area contributed by atoms with Gasteiger partial charge in [0.05, 0.1) is 6.10 Å². The Morgan fingerprint density at radius 1 is 1.36 bits per heavy atom. The minimum absolute atomic E-state index is 0.238. The van der Waals surface area contributed by atoms with E-state index in [-0.39, 0.29) is 6.10 Å². The zero-order valence-corrected chi connectivity index (χ0v) is 9.94. The summed E-state index contributed by atoms with van der Waals surface area (Å²) in [4.78, 5) is 1.26. The summed E-state index contributed by atoms with van der Waals surface area (Å²) in [5.74, 6) is 0. The molecule has 0 aromatic carbocycles. The third-order valence-corrected chi connectivity index (χ3v) is 3.45. The Bertz CT molecular complexity index is 255. The molecule has 2 heteroatoms. The highest BCUT2D eigenvalue weighted by molar-refractivity contribution is 7.10. The van der Waals surface area contributed by atoms with E-state index in [1.807, 2.05) is 6.07 Å². The van der Waals surface area contributed by atoms with Crippen LogP contribution in [0.5, 0.6) is 0 Å². The fourth-order valence-electron chi connectivity index (χ4n) is 1.66. The number of hydrogen-bond donors (Lipinski definition) is 1. The molecule has 1 aromatic heterocycles. The van der Waals surface area contributed by atoms with E-state index in [1.165, 1.54) is 24.1 Å². The highest BCUT2D eigenvalue weighted by Gasteiger charge is 2.10. The van der Waals surface area contributed by atoms with Crippen LogP contribution >= 0.6 is 11.3 Å². The van der Waals surface area contributed by atoms with Crippen molar-refractivity contribution in [3.05, 3.63) is 21.9 Å². The Hall–Kier alpha value is -0.340. The monoisotopic (exact) mass is 212 g/mol. The van der Waals surface area contributed by atoms with E-state index in [0.29, 0.717) is 0 Å². The maximum absolute atomic E-state index is 9.90. The van der Waals surface area contributed by atoms with Gasteiger partial charge in [-0.05, 0) is 30.4 Å². The van der Waals surface area contributed by atoms with Gasteiger partial charge < -0.3 is 5.11 Å². The zero-order chi connectivity index (χ0) is 10.4. The van der Waals surface area contributed by atoms with Crippen LogP contribution in [0.15, 0.2) is 11.4 Å². The van der Waals surface area contributed by atoms with Gasteiger partial charge in [-0.2, -0.15) is 0 Å². The van der Waals surface area contributed by atoms with Gasteiger partial charge in [0, 0.05) is 4.88 Å². The number of hydrogen-bond acceptors (Lipinski definition) is 2. The first-order valence-corrected chi connectivity index (χ1v) is 6.35. The highest BCUT2D eigenvalue weighted by atomic mass is 32.1. The SMILES string of the molecule is CCCCCCC(O)c1ccsc1C. The molecule has 0 saturated carbocycles. The van der Waals surface area contributed by atoms with Crippen molar-refractivity contribution < 1.29 is 5.11 Å². The molecule has 1 nitrogen and oxygen atoms in total. The molecule has 1 atom stereocenters. The van der Waals surface area contributed by atoms with E-state index in [2.05, 4.69) is 19.2 Å². The van der Waals surface area contributed by atoms with Crippen LogP contribution in [-0.2, 0) is 0 Å². The molecular weight excluding hydrogens is 192 g/mol. The van der Waals surface area contributed by atoms with Crippen molar-refractivity contribution in [3.63, 3.8) is 0 Å². The third-order valence-electron chi connectivity index (χ3n) is 2.59. The number of thiophene rings is 1. The maximum Gasteiger partial charge on any atom is 0.0800 e. The first-order valence-electron chi connectivity index (χ1n) is 5.47. The fraction of sp³-hybridized carbons (Fsp3) is 0.667. The standard InChI is InChI=1S/C12H20OS/c1-3-4-5-6-7-12(13)11-8-9-14-10(11)2/h8-9,12-13H,3-7H2,1-2H3. The molecule has 1 heterocycles. The van der Waals surface area contributed by atoms with Gasteiger partial charge in [0.2, 0.25) is 0 Å². The second-order valence-corrected chi connectivity index (χ2v) is 4.92. The molecule has 0 spiro atoms. The van der Waals surface area contributed by atoms with Crippen molar-refractivity contribution in [1.29, 1.82) is 0 Å². The van der Waals surface area contributed by atoms with Gasteiger partial charge in [0.15, 0.2) is 0 Å². The van der Waals surface area contributed by atoms with Crippen LogP contribution in [0.3, 0.4) is 0 Å². The minimum Gasteiger partial charge on any atom is -0.388 e. The van der Waals surface area contributed by atoms with Gasteiger partial charge in [-0.3, -0.25) is 0 Å². The second kappa shape index (κ2) is 6.20. The average Bonchev–Trinajstić information content (AvgIpc) is 2.59. The number of rotatable bonds is 6. The molecule has 0 aliphatic rings. The summed E-state index contributed by atoms with van der Waals surface area (Å²) in [6.07, 6.45) is 5.61. The van der Waals surface area contributed by atoms with E-state index in [9.17, 15) is 5.11 Å². The summed E-state index contributed by atoms with van der Waals surface area (Å²) in [6, 6.07) is 2.05. The first kappa shape index (κ1) is 11.7. The van der Waals surface area contributed by atoms with Crippen LogP contribution in [0.2, 0.25) is 0 Å². The Morgan fingerprint density at radius 2 is 2.14 bits per heavy atom. The molecule has 1 aromatic rings. The summed E-state index contributed by atoms with van der Waals surface area (Å²) in [5, 5.41) is 12.0. The molecule has 14 heavy (non-hydrogen) atoms. The topological polar surface area (TPSA) is 20.2 Å². The molecule has 1 N–H and O–H groups in total. The quantitative estimate of drug-likeness (QED) is 0.705. The molecule has 0 saturated heterocycles. The number of aryl methyl sites for hydroxylation is 1. The van der Waals surface area contributed by atoms with E-state index in [4.69, 9.17) is 0 Å². The molecule has 0 radical (unpaired) electrons. The van der Waals surface area contributed by atoms with Crippen molar-refractivity contribution in [3.8, 4) is 0 Å². The number of aliphatic hydroxyl groups is 1. The van der Waals surface area contributed by atoms with Crippen LogP contribution < -0.4 is 0 Å². The van der Waals surface area contributed by atoms with Crippen molar-refractivity contribution in [1.82, 2.24) is 0 Å². The zero-order valence-electron chi connectivity index (χ0n) is 9.12.